The van der Waals surface area contributed by atoms with Crippen LogP contribution in [0.3, 0.4) is 0 Å². The van der Waals surface area contributed by atoms with Gasteiger partial charge in [-0.1, -0.05) is 54.6 Å². The first-order valence-electron chi connectivity index (χ1n) is 13.5. The average Bonchev–Trinajstić information content (AvgIpc) is 2.87. The van der Waals surface area contributed by atoms with Crippen molar-refractivity contribution in [2.24, 2.45) is 0 Å². The van der Waals surface area contributed by atoms with E-state index in [4.69, 9.17) is 4.74 Å². The molecule has 0 unspecified atom stereocenters. The molecule has 2 amide bonds. The van der Waals surface area contributed by atoms with Gasteiger partial charge in [-0.05, 0) is 44.9 Å². The maximum Gasteiger partial charge on any atom is 0.408 e. The van der Waals surface area contributed by atoms with Gasteiger partial charge in [-0.2, -0.15) is 13.2 Å². The van der Waals surface area contributed by atoms with Gasteiger partial charge in [0.15, 0.2) is 6.61 Å². The van der Waals surface area contributed by atoms with Crippen LogP contribution in [0.5, 0.6) is 5.88 Å². The van der Waals surface area contributed by atoms with Gasteiger partial charge in [-0.3, -0.25) is 14.6 Å². The van der Waals surface area contributed by atoms with Gasteiger partial charge in [0, 0.05) is 29.5 Å². The number of alkyl halides is 3. The predicted octanol–water partition coefficient (Wildman–Crippen LogP) is 6.22. The number of carbonyl (C=O) groups is 2. The highest BCUT2D eigenvalue weighted by molar-refractivity contribution is 5.99. The maximum atomic E-state index is 13.4. The van der Waals surface area contributed by atoms with Gasteiger partial charge in [0.05, 0.1) is 16.8 Å². The number of hydrogen-bond donors (Lipinski definition) is 2. The Bertz CT molecular complexity index is 1510. The summed E-state index contributed by atoms with van der Waals surface area (Å²) in [6.45, 7) is 5.06. The van der Waals surface area contributed by atoms with Crippen molar-refractivity contribution in [3.05, 3.63) is 66.2 Å². The molecule has 2 aromatic carbocycles. The minimum atomic E-state index is -4.62. The quantitative estimate of drug-likeness (QED) is 0.370. The summed E-state index contributed by atoms with van der Waals surface area (Å²) in [6.07, 6.45) is -5.29. The molecule has 1 saturated carbocycles. The lowest BCUT2D eigenvalue weighted by molar-refractivity contribution is -0.152. The van der Waals surface area contributed by atoms with E-state index in [-0.39, 0.29) is 24.4 Å². The van der Waals surface area contributed by atoms with Crippen LogP contribution in [-0.2, 0) is 10.3 Å². The zero-order valence-corrected chi connectivity index (χ0v) is 23.7. The molecule has 2 N–H and O–H groups in total. The van der Waals surface area contributed by atoms with Crippen LogP contribution in [0.4, 0.5) is 23.7 Å². The summed E-state index contributed by atoms with van der Waals surface area (Å²) in [7, 11) is 0. The van der Waals surface area contributed by atoms with Crippen LogP contribution in [0.2, 0.25) is 0 Å². The van der Waals surface area contributed by atoms with Gasteiger partial charge in [0.25, 0.3) is 5.91 Å². The maximum absolute atomic E-state index is 13.4. The second-order valence-corrected chi connectivity index (χ2v) is 12.2. The third-order valence-corrected chi connectivity index (χ3v) is 7.65. The van der Waals surface area contributed by atoms with E-state index in [0.717, 1.165) is 0 Å². The number of hydrogen-bond acceptors (Lipinski definition) is 5. The highest BCUT2D eigenvalue weighted by atomic mass is 19.4. The van der Waals surface area contributed by atoms with E-state index in [1.54, 1.807) is 76.2 Å². The Hall–Kier alpha value is -4.12. The third kappa shape index (κ3) is 5.40. The smallest absolute Gasteiger partial charge is 0.408 e. The molecule has 2 heterocycles. The number of pyridine rings is 1. The fourth-order valence-electron chi connectivity index (χ4n) is 6.29. The number of aromatic nitrogens is 1. The van der Waals surface area contributed by atoms with Crippen LogP contribution >= 0.6 is 0 Å². The number of amides is 2. The molecule has 1 aliphatic heterocycles. The second kappa shape index (κ2) is 10.0. The monoisotopic (exact) mass is 583 g/mol. The minimum absolute atomic E-state index is 0.0688. The molecule has 1 aliphatic carbocycles. The number of carbonyl (C=O) groups excluding carboxylic acids is 1. The first-order chi connectivity index (χ1) is 19.5. The Morgan fingerprint density at radius 3 is 2.19 bits per heavy atom. The molecule has 8 nitrogen and oxygen atoms in total. The average molecular weight is 584 g/mol. The van der Waals surface area contributed by atoms with Crippen molar-refractivity contribution in [2.45, 2.75) is 63.4 Å². The summed E-state index contributed by atoms with van der Waals surface area (Å²) in [5.41, 5.74) is 0.0974. The van der Waals surface area contributed by atoms with Crippen molar-refractivity contribution >= 4 is 17.7 Å². The highest BCUT2D eigenvalue weighted by Crippen LogP contribution is 2.54. The molecule has 5 rings (SSSR count). The van der Waals surface area contributed by atoms with Crippen molar-refractivity contribution in [1.82, 2.24) is 9.88 Å². The van der Waals surface area contributed by atoms with E-state index in [0.29, 0.717) is 32.8 Å². The molecule has 0 atom stereocenters. The zero-order valence-electron chi connectivity index (χ0n) is 23.7. The van der Waals surface area contributed by atoms with Crippen molar-refractivity contribution in [2.75, 3.05) is 18.1 Å². The van der Waals surface area contributed by atoms with Gasteiger partial charge in [0.2, 0.25) is 5.88 Å². The summed E-state index contributed by atoms with van der Waals surface area (Å²) < 4.78 is 45.6. The SMILES string of the molecule is CC1(O)CC(c2ccc(-c3nc4c(cc3-c3ccccc3)N(CC(F)(F)F)C(=O)CO4)cc2)(N(C(=O)O)C(C)(C)C)C1. The zero-order chi connectivity index (χ0) is 30.7. The molecule has 222 valence electrons. The van der Waals surface area contributed by atoms with E-state index in [2.05, 4.69) is 4.98 Å². The van der Waals surface area contributed by atoms with Crippen LogP contribution in [0.1, 0.15) is 46.1 Å². The molecule has 1 aromatic heterocycles. The predicted molar refractivity (Wildman–Crippen MR) is 150 cm³/mol. The normalized spacial score (nSPS) is 22.2. The van der Waals surface area contributed by atoms with E-state index in [1.165, 1.54) is 11.0 Å². The van der Waals surface area contributed by atoms with Crippen LogP contribution in [0.25, 0.3) is 22.4 Å². The summed E-state index contributed by atoms with van der Waals surface area (Å²) in [5, 5.41) is 20.9. The van der Waals surface area contributed by atoms with Crippen LogP contribution in [0, 0.1) is 0 Å². The standard InChI is InChI=1S/C31H32F3N3O5/c1-28(2,3)37(27(39)40)30(16-29(4,41)17-30)21-12-10-20(11-13-21)25-22(19-8-6-5-7-9-19)14-23-26(35-25)42-15-24(38)36(23)18-31(32,33)34/h5-14,41H,15-18H2,1-4H3,(H,39,40). The van der Waals surface area contributed by atoms with Crippen molar-refractivity contribution < 1.29 is 37.7 Å². The molecule has 2 aliphatic rings. The Labute approximate surface area is 241 Å². The fraction of sp³-hybridized carbons (Fsp3) is 0.387. The molecule has 0 bridgehead atoms. The van der Waals surface area contributed by atoms with E-state index < -0.39 is 48.0 Å². The van der Waals surface area contributed by atoms with Crippen molar-refractivity contribution in [1.29, 1.82) is 0 Å². The summed E-state index contributed by atoms with van der Waals surface area (Å²) >= 11 is 0. The van der Waals surface area contributed by atoms with Crippen LogP contribution in [0.15, 0.2) is 60.7 Å². The first-order valence-corrected chi connectivity index (χ1v) is 13.5. The fourth-order valence-corrected chi connectivity index (χ4v) is 6.29. The number of aliphatic hydroxyl groups is 1. The number of carboxylic acid groups (broad SMARTS) is 1. The van der Waals surface area contributed by atoms with Gasteiger partial charge in [-0.25, -0.2) is 9.78 Å². The van der Waals surface area contributed by atoms with E-state index in [1.807, 2.05) is 6.07 Å². The molecule has 42 heavy (non-hydrogen) atoms. The molecule has 1 fully saturated rings. The Morgan fingerprint density at radius 2 is 1.67 bits per heavy atom. The third-order valence-electron chi connectivity index (χ3n) is 7.65. The van der Waals surface area contributed by atoms with Gasteiger partial charge in [-0.15, -0.1) is 0 Å². The summed E-state index contributed by atoms with van der Waals surface area (Å²) in [4.78, 5) is 31.5. The summed E-state index contributed by atoms with van der Waals surface area (Å²) in [6, 6.07) is 17.6. The molecule has 0 radical (unpaired) electrons. The van der Waals surface area contributed by atoms with E-state index >= 15 is 0 Å². The summed E-state index contributed by atoms with van der Waals surface area (Å²) in [5.74, 6) is -0.907. The van der Waals surface area contributed by atoms with Crippen LogP contribution in [-0.4, -0.2) is 62.6 Å². The number of ether oxygens (including phenoxy) is 1. The van der Waals surface area contributed by atoms with Crippen LogP contribution < -0.4 is 9.64 Å². The number of benzene rings is 2. The number of anilines is 1. The highest BCUT2D eigenvalue weighted by Gasteiger charge is 2.59. The number of fused-ring (bicyclic) bond motifs is 1. The molecule has 0 spiro atoms. The topological polar surface area (TPSA) is 103 Å². The number of halogens is 3. The number of nitrogens with zero attached hydrogens (tertiary/aromatic N) is 3. The Morgan fingerprint density at radius 1 is 1.05 bits per heavy atom. The molecule has 0 saturated heterocycles. The second-order valence-electron chi connectivity index (χ2n) is 12.2. The lowest BCUT2D eigenvalue weighted by atomic mass is 9.60. The van der Waals surface area contributed by atoms with Crippen molar-refractivity contribution in [3.63, 3.8) is 0 Å². The largest absolute Gasteiger partial charge is 0.466 e. The molecular formula is C31H32F3N3O5. The molecular weight excluding hydrogens is 551 g/mol. The van der Waals surface area contributed by atoms with Gasteiger partial charge >= 0.3 is 12.3 Å². The molecule has 3 aromatic rings. The Balaban J connectivity index is 1.62. The Kier molecular flexibility index (Phi) is 7.00. The van der Waals surface area contributed by atoms with Crippen molar-refractivity contribution in [3.8, 4) is 28.3 Å². The lowest BCUT2D eigenvalue weighted by Gasteiger charge is -2.60. The van der Waals surface area contributed by atoms with Gasteiger partial charge in [0.1, 0.15) is 12.2 Å². The number of rotatable bonds is 5. The van der Waals surface area contributed by atoms with E-state index in [9.17, 15) is 33.0 Å². The lowest BCUT2D eigenvalue weighted by Crippen LogP contribution is -2.67. The van der Waals surface area contributed by atoms with Gasteiger partial charge < -0.3 is 14.9 Å². The minimum Gasteiger partial charge on any atom is -0.466 e. The first kappa shape index (κ1) is 29.4. The molecule has 11 heteroatoms.